The summed E-state index contributed by atoms with van der Waals surface area (Å²) in [6.45, 7) is 2.34. The summed E-state index contributed by atoms with van der Waals surface area (Å²) in [7, 11) is 0. The molecule has 1 N–H and O–H groups in total. The normalized spacial score (nSPS) is 32.9. The molecule has 1 aliphatic carbocycles. The van der Waals surface area contributed by atoms with Gasteiger partial charge in [0.2, 0.25) is 0 Å². The highest BCUT2D eigenvalue weighted by molar-refractivity contribution is 5.66. The van der Waals surface area contributed by atoms with E-state index >= 15 is 0 Å². The molecule has 2 atom stereocenters. The molecule has 1 heterocycles. The van der Waals surface area contributed by atoms with Crippen LogP contribution in [0, 0.1) is 0 Å². The van der Waals surface area contributed by atoms with Crippen molar-refractivity contribution in [1.82, 2.24) is 4.90 Å². The number of ether oxygens (including phenoxy) is 1. The van der Waals surface area contributed by atoms with Gasteiger partial charge in [-0.05, 0) is 19.3 Å². The molecule has 0 spiro atoms. The Balaban J connectivity index is 1.87. The number of morpholine rings is 1. The first-order chi connectivity index (χ1) is 6.77. The summed E-state index contributed by atoms with van der Waals surface area (Å²) in [6.07, 6.45) is 4.17. The summed E-state index contributed by atoms with van der Waals surface area (Å²) in [5, 5.41) is 8.63. The number of hydrogen-bond acceptors (Lipinski definition) is 3. The van der Waals surface area contributed by atoms with E-state index < -0.39 is 5.97 Å². The van der Waals surface area contributed by atoms with Crippen molar-refractivity contribution in [2.75, 3.05) is 19.7 Å². The van der Waals surface area contributed by atoms with Crippen LogP contribution in [0.25, 0.3) is 0 Å². The summed E-state index contributed by atoms with van der Waals surface area (Å²) >= 11 is 0. The van der Waals surface area contributed by atoms with E-state index in [2.05, 4.69) is 4.90 Å². The van der Waals surface area contributed by atoms with Crippen molar-refractivity contribution in [3.63, 3.8) is 0 Å². The number of carboxylic acids is 1. The lowest BCUT2D eigenvalue weighted by Gasteiger charge is -2.37. The van der Waals surface area contributed by atoms with Gasteiger partial charge in [-0.2, -0.15) is 0 Å². The fraction of sp³-hybridized carbons (Fsp3) is 0.900. The second-order valence-corrected chi connectivity index (χ2v) is 4.09. The molecule has 80 valence electrons. The van der Waals surface area contributed by atoms with Gasteiger partial charge in [-0.1, -0.05) is 0 Å². The maximum absolute atomic E-state index is 10.5. The summed E-state index contributed by atoms with van der Waals surface area (Å²) < 4.78 is 5.65. The first-order valence-corrected chi connectivity index (χ1v) is 5.35. The fourth-order valence-corrected chi connectivity index (χ4v) is 2.52. The number of aliphatic carboxylic acids is 1. The van der Waals surface area contributed by atoms with Crippen LogP contribution in [-0.4, -0.2) is 47.8 Å². The van der Waals surface area contributed by atoms with Gasteiger partial charge in [-0.15, -0.1) is 0 Å². The molecule has 1 saturated heterocycles. The molecule has 2 fully saturated rings. The summed E-state index contributed by atoms with van der Waals surface area (Å²) in [5.41, 5.74) is 0. The quantitative estimate of drug-likeness (QED) is 0.727. The molecule has 0 unspecified atom stereocenters. The van der Waals surface area contributed by atoms with E-state index in [1.54, 1.807) is 0 Å². The van der Waals surface area contributed by atoms with Gasteiger partial charge in [-0.25, -0.2) is 0 Å². The third-order valence-electron chi connectivity index (χ3n) is 3.21. The smallest absolute Gasteiger partial charge is 0.304 e. The molecule has 4 heteroatoms. The lowest BCUT2D eigenvalue weighted by molar-refractivity contribution is -0.138. The lowest BCUT2D eigenvalue weighted by Crippen LogP contribution is -2.49. The van der Waals surface area contributed by atoms with Crippen LogP contribution in [0.2, 0.25) is 0 Å². The fourth-order valence-electron chi connectivity index (χ4n) is 2.52. The zero-order valence-corrected chi connectivity index (χ0v) is 8.32. The number of hydrogen-bond donors (Lipinski definition) is 1. The van der Waals surface area contributed by atoms with Crippen LogP contribution in [0.4, 0.5) is 0 Å². The van der Waals surface area contributed by atoms with Gasteiger partial charge in [0.05, 0.1) is 19.1 Å². The Bertz CT molecular complexity index is 219. The number of rotatable bonds is 3. The standard InChI is InChI=1S/C10H17NO3/c12-10(13)4-5-11-6-7-14-9-3-1-2-8(9)11/h8-9H,1-7H2,(H,12,13)/t8-,9+/m1/s1. The average Bonchev–Trinajstić information content (AvgIpc) is 2.62. The topological polar surface area (TPSA) is 49.8 Å². The van der Waals surface area contributed by atoms with Gasteiger partial charge < -0.3 is 9.84 Å². The van der Waals surface area contributed by atoms with Crippen molar-refractivity contribution >= 4 is 5.97 Å². The van der Waals surface area contributed by atoms with Gasteiger partial charge >= 0.3 is 5.97 Å². The zero-order valence-electron chi connectivity index (χ0n) is 8.32. The predicted octanol–water partition coefficient (Wildman–Crippen LogP) is 0.714. The highest BCUT2D eigenvalue weighted by atomic mass is 16.5. The van der Waals surface area contributed by atoms with Crippen LogP contribution in [0.15, 0.2) is 0 Å². The minimum atomic E-state index is -0.703. The highest BCUT2D eigenvalue weighted by Gasteiger charge is 2.35. The third-order valence-corrected chi connectivity index (χ3v) is 3.21. The third kappa shape index (κ3) is 2.07. The lowest BCUT2D eigenvalue weighted by atomic mass is 10.1. The number of carboxylic acid groups (broad SMARTS) is 1. The van der Waals surface area contributed by atoms with Gasteiger partial charge in [0.15, 0.2) is 0 Å². The van der Waals surface area contributed by atoms with Crippen LogP contribution in [-0.2, 0) is 9.53 Å². The second-order valence-electron chi connectivity index (χ2n) is 4.09. The SMILES string of the molecule is O=C(O)CCN1CCO[C@H]2CCC[C@H]21. The maximum Gasteiger partial charge on any atom is 0.304 e. The monoisotopic (exact) mass is 199 g/mol. The Kier molecular flexibility index (Phi) is 3.03. The van der Waals surface area contributed by atoms with E-state index in [1.807, 2.05) is 0 Å². The molecule has 0 aromatic heterocycles. The Morgan fingerprint density at radius 2 is 2.36 bits per heavy atom. The molecular formula is C10H17NO3. The van der Waals surface area contributed by atoms with Crippen molar-refractivity contribution in [1.29, 1.82) is 0 Å². The van der Waals surface area contributed by atoms with Crippen molar-refractivity contribution < 1.29 is 14.6 Å². The van der Waals surface area contributed by atoms with Gasteiger partial charge in [0, 0.05) is 19.1 Å². The van der Waals surface area contributed by atoms with Crippen LogP contribution >= 0.6 is 0 Å². The molecule has 1 aliphatic heterocycles. The molecule has 0 radical (unpaired) electrons. The number of nitrogens with zero attached hydrogens (tertiary/aromatic N) is 1. The van der Waals surface area contributed by atoms with E-state index in [0.29, 0.717) is 18.7 Å². The highest BCUT2D eigenvalue weighted by Crippen LogP contribution is 2.29. The Morgan fingerprint density at radius 1 is 1.50 bits per heavy atom. The molecule has 2 rings (SSSR count). The Hall–Kier alpha value is -0.610. The van der Waals surface area contributed by atoms with Crippen molar-refractivity contribution in [3.05, 3.63) is 0 Å². The first kappa shape index (κ1) is 9.93. The molecule has 0 aromatic carbocycles. The van der Waals surface area contributed by atoms with Crippen LogP contribution in [0.5, 0.6) is 0 Å². The molecule has 0 aromatic rings. The van der Waals surface area contributed by atoms with Gasteiger partial charge in [-0.3, -0.25) is 9.69 Å². The summed E-state index contributed by atoms with van der Waals surface area (Å²) in [6, 6.07) is 0.489. The molecule has 1 saturated carbocycles. The average molecular weight is 199 g/mol. The molecule has 14 heavy (non-hydrogen) atoms. The van der Waals surface area contributed by atoms with E-state index in [1.165, 1.54) is 12.8 Å². The minimum absolute atomic E-state index is 0.253. The molecule has 2 aliphatic rings. The number of fused-ring (bicyclic) bond motifs is 1. The van der Waals surface area contributed by atoms with Crippen molar-refractivity contribution in [3.8, 4) is 0 Å². The zero-order chi connectivity index (χ0) is 9.97. The largest absolute Gasteiger partial charge is 0.481 e. The van der Waals surface area contributed by atoms with Crippen LogP contribution in [0.3, 0.4) is 0 Å². The van der Waals surface area contributed by atoms with Gasteiger partial charge in [0.1, 0.15) is 0 Å². The Morgan fingerprint density at radius 3 is 3.14 bits per heavy atom. The number of carbonyl (C=O) groups is 1. The van der Waals surface area contributed by atoms with Crippen molar-refractivity contribution in [2.24, 2.45) is 0 Å². The second kappa shape index (κ2) is 4.28. The van der Waals surface area contributed by atoms with Crippen LogP contribution in [0.1, 0.15) is 25.7 Å². The van der Waals surface area contributed by atoms with Gasteiger partial charge in [0.25, 0.3) is 0 Å². The summed E-state index contributed by atoms with van der Waals surface area (Å²) in [5.74, 6) is -0.703. The molecule has 4 nitrogen and oxygen atoms in total. The Labute approximate surface area is 83.8 Å². The molecule has 0 amide bonds. The van der Waals surface area contributed by atoms with Crippen molar-refractivity contribution in [2.45, 2.75) is 37.8 Å². The summed E-state index contributed by atoms with van der Waals surface area (Å²) in [4.78, 5) is 12.8. The molecular weight excluding hydrogens is 182 g/mol. The van der Waals surface area contributed by atoms with E-state index in [0.717, 1.165) is 19.6 Å². The van der Waals surface area contributed by atoms with E-state index in [-0.39, 0.29) is 6.42 Å². The minimum Gasteiger partial charge on any atom is -0.481 e. The predicted molar refractivity (Wildman–Crippen MR) is 51.2 cm³/mol. The van der Waals surface area contributed by atoms with E-state index in [4.69, 9.17) is 9.84 Å². The maximum atomic E-state index is 10.5. The first-order valence-electron chi connectivity index (χ1n) is 5.35. The molecule has 0 bridgehead atoms. The van der Waals surface area contributed by atoms with E-state index in [9.17, 15) is 4.79 Å². The van der Waals surface area contributed by atoms with Crippen LogP contribution < -0.4 is 0 Å².